The van der Waals surface area contributed by atoms with Crippen LogP contribution in [0, 0.1) is 5.92 Å². The van der Waals surface area contributed by atoms with Crippen LogP contribution in [0.4, 0.5) is 17.7 Å². The molecule has 5 rings (SSSR count). The van der Waals surface area contributed by atoms with Crippen molar-refractivity contribution in [3.63, 3.8) is 0 Å². The predicted octanol–water partition coefficient (Wildman–Crippen LogP) is 4.93. The fourth-order valence-electron chi connectivity index (χ4n) is 5.14. The van der Waals surface area contributed by atoms with Crippen LogP contribution in [-0.2, 0) is 6.54 Å². The van der Waals surface area contributed by atoms with Crippen molar-refractivity contribution < 1.29 is 0 Å². The number of anilines is 3. The van der Waals surface area contributed by atoms with Gasteiger partial charge in [0.1, 0.15) is 5.82 Å². The average molecular weight is 512 g/mol. The first kappa shape index (κ1) is 25.9. The lowest BCUT2D eigenvalue weighted by Gasteiger charge is -2.30. The molecule has 2 aliphatic rings. The number of nitrogens with zero attached hydrogens (tertiary/aromatic N) is 5. The minimum atomic E-state index is -0.0434. The Morgan fingerprint density at radius 1 is 1.08 bits per heavy atom. The molecule has 2 N–H and O–H groups in total. The second-order valence-electron chi connectivity index (χ2n) is 10.4. The van der Waals surface area contributed by atoms with Crippen LogP contribution in [0.25, 0.3) is 11.3 Å². The highest BCUT2D eigenvalue weighted by molar-refractivity contribution is 5.63. The fraction of sp³-hybridized carbons (Fsp3) is 0.400. The Labute approximate surface area is 224 Å². The highest BCUT2D eigenvalue weighted by atomic mass is 16.1. The summed E-state index contributed by atoms with van der Waals surface area (Å²) in [6.45, 7) is 8.76. The third kappa shape index (κ3) is 6.02. The van der Waals surface area contributed by atoms with Crippen LogP contribution in [0.3, 0.4) is 0 Å². The maximum Gasteiger partial charge on any atom is 0.255 e. The summed E-state index contributed by atoms with van der Waals surface area (Å²) in [6.07, 6.45) is 11.6. The summed E-state index contributed by atoms with van der Waals surface area (Å²) in [5.74, 6) is 2.46. The zero-order valence-corrected chi connectivity index (χ0v) is 22.5. The van der Waals surface area contributed by atoms with Gasteiger partial charge in [0, 0.05) is 49.5 Å². The molecule has 1 unspecified atom stereocenters. The van der Waals surface area contributed by atoms with Crippen LogP contribution in [0.2, 0.25) is 0 Å². The van der Waals surface area contributed by atoms with Crippen molar-refractivity contribution in [3.8, 4) is 11.3 Å². The van der Waals surface area contributed by atoms with E-state index in [4.69, 9.17) is 9.97 Å². The number of aromatic nitrogens is 4. The van der Waals surface area contributed by atoms with Gasteiger partial charge in [-0.05, 0) is 43.7 Å². The lowest BCUT2D eigenvalue weighted by atomic mass is 9.91. The number of benzene rings is 1. The molecule has 0 amide bonds. The Balaban J connectivity index is 1.25. The van der Waals surface area contributed by atoms with Gasteiger partial charge in [0.2, 0.25) is 11.9 Å². The van der Waals surface area contributed by atoms with Crippen molar-refractivity contribution in [3.05, 3.63) is 82.8 Å². The van der Waals surface area contributed by atoms with Crippen molar-refractivity contribution in [2.75, 3.05) is 23.3 Å². The Bertz CT molecular complexity index is 1360. The number of hydrogen-bond donors (Lipinski definition) is 2. The van der Waals surface area contributed by atoms with E-state index in [2.05, 4.69) is 54.6 Å². The summed E-state index contributed by atoms with van der Waals surface area (Å²) in [5.41, 5.74) is 2.92. The summed E-state index contributed by atoms with van der Waals surface area (Å²) < 4.78 is 1.74. The molecule has 2 aromatic heterocycles. The van der Waals surface area contributed by atoms with Gasteiger partial charge in [-0.25, -0.2) is 9.97 Å². The Morgan fingerprint density at radius 3 is 2.68 bits per heavy atom. The second kappa shape index (κ2) is 11.7. The topological polar surface area (TPSA) is 88.0 Å². The van der Waals surface area contributed by atoms with E-state index in [1.54, 1.807) is 16.8 Å². The lowest BCUT2D eigenvalue weighted by Crippen LogP contribution is -2.36. The lowest BCUT2D eigenvalue weighted by molar-refractivity contribution is 0.529. The molecular weight excluding hydrogens is 474 g/mol. The third-order valence-corrected chi connectivity index (χ3v) is 7.08. The normalized spacial score (nSPS) is 17.7. The monoisotopic (exact) mass is 511 g/mol. The van der Waals surface area contributed by atoms with Crippen molar-refractivity contribution in [2.45, 2.75) is 58.7 Å². The van der Waals surface area contributed by atoms with E-state index >= 15 is 0 Å². The van der Waals surface area contributed by atoms with E-state index in [1.165, 1.54) is 5.57 Å². The molecule has 0 saturated carbocycles. The van der Waals surface area contributed by atoms with Gasteiger partial charge in [-0.2, -0.15) is 4.98 Å². The van der Waals surface area contributed by atoms with Gasteiger partial charge in [-0.3, -0.25) is 14.3 Å². The van der Waals surface area contributed by atoms with E-state index in [9.17, 15) is 4.79 Å². The molecule has 8 nitrogen and oxygen atoms in total. The first-order chi connectivity index (χ1) is 18.5. The van der Waals surface area contributed by atoms with Gasteiger partial charge < -0.3 is 10.6 Å². The summed E-state index contributed by atoms with van der Waals surface area (Å²) in [7, 11) is 0. The van der Waals surface area contributed by atoms with Crippen LogP contribution in [0.1, 0.15) is 40.0 Å². The van der Waals surface area contributed by atoms with Gasteiger partial charge in [0.05, 0.1) is 5.69 Å². The van der Waals surface area contributed by atoms with Crippen LogP contribution < -0.4 is 21.1 Å². The maximum atomic E-state index is 12.9. The maximum absolute atomic E-state index is 12.9. The molecule has 0 spiro atoms. The SMILES string of the molecule is CC(C)N[C@@H](C)C1=CCC(CCNc2nccc(N3CCCn4c3nc(-c3ccccc3)cc4=O)n2)C=C1. The van der Waals surface area contributed by atoms with Crippen molar-refractivity contribution in [1.29, 1.82) is 0 Å². The largest absolute Gasteiger partial charge is 0.354 e. The number of nitrogens with one attached hydrogen (secondary N) is 2. The Hall–Kier alpha value is -3.78. The van der Waals surface area contributed by atoms with Crippen molar-refractivity contribution in [1.82, 2.24) is 24.8 Å². The Morgan fingerprint density at radius 2 is 1.92 bits per heavy atom. The van der Waals surface area contributed by atoms with Crippen LogP contribution in [0.5, 0.6) is 0 Å². The zero-order chi connectivity index (χ0) is 26.5. The molecular formula is C30H37N7O. The van der Waals surface area contributed by atoms with E-state index in [-0.39, 0.29) is 5.56 Å². The van der Waals surface area contributed by atoms with E-state index in [0.29, 0.717) is 42.1 Å². The smallest absolute Gasteiger partial charge is 0.255 e. The van der Waals surface area contributed by atoms with E-state index < -0.39 is 0 Å². The molecule has 3 aromatic rings. The molecule has 38 heavy (non-hydrogen) atoms. The van der Waals surface area contributed by atoms with Gasteiger partial charge in [-0.1, -0.05) is 62.4 Å². The predicted molar refractivity (Wildman–Crippen MR) is 154 cm³/mol. The highest BCUT2D eigenvalue weighted by Gasteiger charge is 2.23. The second-order valence-corrected chi connectivity index (χ2v) is 10.4. The Kier molecular flexibility index (Phi) is 7.98. The highest BCUT2D eigenvalue weighted by Crippen LogP contribution is 2.28. The zero-order valence-electron chi connectivity index (χ0n) is 22.5. The molecule has 2 atom stereocenters. The average Bonchev–Trinajstić information content (AvgIpc) is 2.93. The molecule has 8 heteroatoms. The van der Waals surface area contributed by atoms with E-state index in [1.807, 2.05) is 41.3 Å². The first-order valence-corrected chi connectivity index (χ1v) is 13.6. The molecule has 198 valence electrons. The number of fused-ring (bicyclic) bond motifs is 1. The molecule has 1 aliphatic heterocycles. The summed E-state index contributed by atoms with van der Waals surface area (Å²) in [5, 5.41) is 6.97. The van der Waals surface area contributed by atoms with Gasteiger partial charge in [-0.15, -0.1) is 0 Å². The number of rotatable bonds is 9. The third-order valence-electron chi connectivity index (χ3n) is 7.08. The minimum Gasteiger partial charge on any atom is -0.354 e. The summed E-state index contributed by atoms with van der Waals surface area (Å²) in [4.78, 5) is 29.1. The molecule has 3 heterocycles. The van der Waals surface area contributed by atoms with Crippen molar-refractivity contribution in [2.24, 2.45) is 5.92 Å². The quantitative estimate of drug-likeness (QED) is 0.421. The first-order valence-electron chi connectivity index (χ1n) is 13.6. The molecule has 0 saturated heterocycles. The van der Waals surface area contributed by atoms with Gasteiger partial charge in [0.15, 0.2) is 0 Å². The standard InChI is InChI=1S/C30H37N7O/c1-21(2)33-22(3)24-12-10-23(11-13-24)14-16-31-29-32-17-15-27(35-29)36-18-7-19-37-28(38)20-26(34-30(36)37)25-8-5-4-6-9-25/h4-6,8-10,12-13,15,17,20-23,33H,7,11,14,16,18-19H2,1-3H3,(H,31,32,35)/t22-,23?/m0/s1. The van der Waals surface area contributed by atoms with Gasteiger partial charge >= 0.3 is 0 Å². The molecule has 0 bridgehead atoms. The molecule has 1 aliphatic carbocycles. The number of allylic oxidation sites excluding steroid dienone is 2. The van der Waals surface area contributed by atoms with Crippen LogP contribution in [0.15, 0.2) is 77.3 Å². The van der Waals surface area contributed by atoms with Crippen LogP contribution in [-0.4, -0.2) is 44.7 Å². The minimum absolute atomic E-state index is 0.0434. The van der Waals surface area contributed by atoms with Crippen LogP contribution >= 0.6 is 0 Å². The molecule has 1 aromatic carbocycles. The summed E-state index contributed by atoms with van der Waals surface area (Å²) >= 11 is 0. The fourth-order valence-corrected chi connectivity index (χ4v) is 5.14. The molecule has 0 radical (unpaired) electrons. The van der Waals surface area contributed by atoms with Gasteiger partial charge in [0.25, 0.3) is 5.56 Å². The molecule has 0 fully saturated rings. The number of hydrogen-bond acceptors (Lipinski definition) is 7. The van der Waals surface area contributed by atoms with E-state index in [0.717, 1.165) is 43.7 Å². The van der Waals surface area contributed by atoms with Crippen molar-refractivity contribution >= 4 is 17.7 Å². The summed E-state index contributed by atoms with van der Waals surface area (Å²) in [6, 6.07) is 14.2.